The van der Waals surface area contributed by atoms with E-state index in [0.29, 0.717) is 12.8 Å². The zero-order chi connectivity index (χ0) is 21.7. The molecule has 3 atom stereocenters. The molecular weight excluding hydrogens is 420 g/mol. The zero-order valence-corrected chi connectivity index (χ0v) is 19.0. The molecule has 3 fully saturated rings. The summed E-state index contributed by atoms with van der Waals surface area (Å²) in [6.07, 6.45) is 4.58. The van der Waals surface area contributed by atoms with Gasteiger partial charge >= 0.3 is 11.9 Å². The van der Waals surface area contributed by atoms with Crippen LogP contribution in [-0.2, 0) is 25.5 Å². The number of aliphatic carboxylic acids is 1. The highest BCUT2D eigenvalue weighted by atomic mass is 35.5. The maximum absolute atomic E-state index is 13.2. The summed E-state index contributed by atoms with van der Waals surface area (Å²) in [5, 5.41) is 12.9. The quantitative estimate of drug-likeness (QED) is 0.559. The number of nitrogens with one attached hydrogen (secondary N) is 1. The van der Waals surface area contributed by atoms with Crippen molar-refractivity contribution in [2.45, 2.75) is 76.5 Å². The number of esters is 1. The standard InChI is InChI=1S/C23H32N2O5.ClH/c1-3-30-23(29)19(14-9-16-7-5-4-6-8-16)24-15(2)21(26)25-18-12-10-17(11-13-18)20(25)22(27)28;/h4-8,15,17-20,24H,3,9-14H2,1-2H3,(H,27,28);1H/t15-,17?,18?,19-,20-;/m0./s1. The second-order valence-electron chi connectivity index (χ2n) is 8.31. The summed E-state index contributed by atoms with van der Waals surface area (Å²) < 4.78 is 5.21. The van der Waals surface area contributed by atoms with Crippen molar-refractivity contribution in [2.75, 3.05) is 6.61 Å². The number of hydrogen-bond donors (Lipinski definition) is 2. The van der Waals surface area contributed by atoms with Crippen molar-refractivity contribution in [2.24, 2.45) is 5.92 Å². The summed E-state index contributed by atoms with van der Waals surface area (Å²) in [7, 11) is 0. The Kier molecular flexibility index (Phi) is 9.32. The Bertz CT molecular complexity index is 752. The molecule has 1 saturated carbocycles. The molecule has 1 amide bonds. The van der Waals surface area contributed by atoms with Crippen LogP contribution in [0.4, 0.5) is 0 Å². The summed E-state index contributed by atoms with van der Waals surface area (Å²) in [4.78, 5) is 39.2. The molecule has 0 aromatic heterocycles. The van der Waals surface area contributed by atoms with Crippen LogP contribution >= 0.6 is 12.4 Å². The van der Waals surface area contributed by atoms with Gasteiger partial charge in [-0.25, -0.2) is 4.79 Å². The van der Waals surface area contributed by atoms with Crippen molar-refractivity contribution < 1.29 is 24.2 Å². The lowest BCUT2D eigenvalue weighted by atomic mass is 9.74. The lowest BCUT2D eigenvalue weighted by Crippen LogP contribution is -2.64. The van der Waals surface area contributed by atoms with Gasteiger partial charge in [0.2, 0.25) is 5.91 Å². The van der Waals surface area contributed by atoms with Gasteiger partial charge in [0.25, 0.3) is 0 Å². The first-order chi connectivity index (χ1) is 14.4. The van der Waals surface area contributed by atoms with E-state index in [9.17, 15) is 19.5 Å². The number of benzene rings is 1. The van der Waals surface area contributed by atoms with Crippen LogP contribution in [0, 0.1) is 5.92 Å². The molecule has 1 aromatic carbocycles. The SMILES string of the molecule is CCOC(=O)[C@H](CCc1ccccc1)N[C@@H](C)C(=O)N1C2CCC(CC2)[C@H]1C(=O)O.Cl. The fraction of sp³-hybridized carbons (Fsp3) is 0.609. The van der Waals surface area contributed by atoms with Crippen molar-refractivity contribution in [1.82, 2.24) is 10.2 Å². The minimum atomic E-state index is -0.934. The maximum atomic E-state index is 13.2. The number of fused-ring (bicyclic) bond motifs is 3. The van der Waals surface area contributed by atoms with Crippen LogP contribution in [-0.4, -0.2) is 58.6 Å². The van der Waals surface area contributed by atoms with E-state index >= 15 is 0 Å². The number of amides is 1. The summed E-state index contributed by atoms with van der Waals surface area (Å²) in [6, 6.07) is 7.74. The molecule has 0 radical (unpaired) electrons. The normalized spacial score (nSPS) is 24.1. The van der Waals surface area contributed by atoms with Crippen LogP contribution in [0.1, 0.15) is 51.5 Å². The first kappa shape index (κ1) is 25.1. The number of carbonyl (C=O) groups is 3. The third-order valence-electron chi connectivity index (χ3n) is 6.35. The summed E-state index contributed by atoms with van der Waals surface area (Å²) in [5.41, 5.74) is 1.10. The monoisotopic (exact) mass is 452 g/mol. The molecular formula is C23H33ClN2O5. The third-order valence-corrected chi connectivity index (χ3v) is 6.35. The van der Waals surface area contributed by atoms with E-state index in [-0.39, 0.29) is 42.9 Å². The number of piperidine rings is 2. The first-order valence-electron chi connectivity index (χ1n) is 10.9. The Labute approximate surface area is 189 Å². The summed E-state index contributed by atoms with van der Waals surface area (Å²) in [5.74, 6) is -1.55. The van der Waals surface area contributed by atoms with E-state index in [2.05, 4.69) is 5.32 Å². The summed E-state index contributed by atoms with van der Waals surface area (Å²) >= 11 is 0. The molecule has 2 saturated heterocycles. The van der Waals surface area contributed by atoms with E-state index in [1.54, 1.807) is 18.7 Å². The molecule has 31 heavy (non-hydrogen) atoms. The number of carboxylic acids is 1. The Hall–Kier alpha value is -2.12. The van der Waals surface area contributed by atoms with E-state index in [0.717, 1.165) is 31.2 Å². The van der Waals surface area contributed by atoms with Gasteiger partial charge in [0.1, 0.15) is 12.1 Å². The molecule has 2 bridgehead atoms. The highest BCUT2D eigenvalue weighted by Gasteiger charge is 2.48. The van der Waals surface area contributed by atoms with Gasteiger partial charge in [0.05, 0.1) is 12.6 Å². The van der Waals surface area contributed by atoms with E-state index in [1.165, 1.54) is 0 Å². The molecule has 2 aliphatic heterocycles. The Balaban J connectivity index is 0.00000341. The number of ether oxygens (including phenoxy) is 1. The van der Waals surface area contributed by atoms with Crippen LogP contribution in [0.5, 0.6) is 0 Å². The number of hydrogen-bond acceptors (Lipinski definition) is 5. The summed E-state index contributed by atoms with van der Waals surface area (Å²) in [6.45, 7) is 3.72. The second kappa shape index (κ2) is 11.5. The Morgan fingerprint density at radius 1 is 1.16 bits per heavy atom. The van der Waals surface area contributed by atoms with Crippen LogP contribution in [0.2, 0.25) is 0 Å². The predicted octanol–water partition coefficient (Wildman–Crippen LogP) is 2.81. The van der Waals surface area contributed by atoms with Crippen LogP contribution in [0.25, 0.3) is 0 Å². The topological polar surface area (TPSA) is 95.9 Å². The fourth-order valence-electron chi connectivity index (χ4n) is 4.85. The van der Waals surface area contributed by atoms with Gasteiger partial charge in [-0.05, 0) is 63.9 Å². The highest BCUT2D eigenvalue weighted by molar-refractivity contribution is 5.88. The minimum Gasteiger partial charge on any atom is -0.480 e. The molecule has 172 valence electrons. The molecule has 1 aromatic rings. The maximum Gasteiger partial charge on any atom is 0.326 e. The molecule has 4 rings (SSSR count). The fourth-order valence-corrected chi connectivity index (χ4v) is 4.85. The number of halogens is 1. The average Bonchev–Trinajstić information content (AvgIpc) is 2.76. The number of carboxylic acid groups (broad SMARTS) is 1. The lowest BCUT2D eigenvalue weighted by Gasteiger charge is -2.50. The van der Waals surface area contributed by atoms with Crippen LogP contribution < -0.4 is 5.32 Å². The molecule has 8 heteroatoms. The molecule has 7 nitrogen and oxygen atoms in total. The van der Waals surface area contributed by atoms with Crippen molar-refractivity contribution in [3.05, 3.63) is 35.9 Å². The highest BCUT2D eigenvalue weighted by Crippen LogP contribution is 2.40. The number of rotatable bonds is 9. The molecule has 0 spiro atoms. The number of nitrogens with zero attached hydrogens (tertiary/aromatic N) is 1. The van der Waals surface area contributed by atoms with Crippen LogP contribution in [0.3, 0.4) is 0 Å². The first-order valence-corrected chi connectivity index (χ1v) is 10.9. The van der Waals surface area contributed by atoms with E-state index < -0.39 is 24.1 Å². The molecule has 2 N–H and O–H groups in total. The number of aryl methyl sites for hydroxylation is 1. The second-order valence-corrected chi connectivity index (χ2v) is 8.31. The minimum absolute atomic E-state index is 0. The largest absolute Gasteiger partial charge is 0.480 e. The molecule has 0 unspecified atom stereocenters. The van der Waals surface area contributed by atoms with Gasteiger partial charge in [-0.2, -0.15) is 0 Å². The van der Waals surface area contributed by atoms with Crippen molar-refractivity contribution >= 4 is 30.3 Å². The van der Waals surface area contributed by atoms with Gasteiger partial charge in [-0.1, -0.05) is 30.3 Å². The Morgan fingerprint density at radius 3 is 2.39 bits per heavy atom. The van der Waals surface area contributed by atoms with Crippen molar-refractivity contribution in [3.63, 3.8) is 0 Å². The number of carbonyl (C=O) groups excluding carboxylic acids is 2. The average molecular weight is 453 g/mol. The molecule has 1 aliphatic carbocycles. The molecule has 3 aliphatic rings. The van der Waals surface area contributed by atoms with Crippen LogP contribution in [0.15, 0.2) is 30.3 Å². The van der Waals surface area contributed by atoms with Crippen molar-refractivity contribution in [3.8, 4) is 0 Å². The van der Waals surface area contributed by atoms with Gasteiger partial charge in [-0.3, -0.25) is 14.9 Å². The lowest BCUT2D eigenvalue weighted by molar-refractivity contribution is -0.164. The van der Waals surface area contributed by atoms with Gasteiger partial charge in [0.15, 0.2) is 0 Å². The Morgan fingerprint density at radius 2 is 1.81 bits per heavy atom. The van der Waals surface area contributed by atoms with E-state index in [4.69, 9.17) is 4.74 Å². The predicted molar refractivity (Wildman–Crippen MR) is 119 cm³/mol. The van der Waals surface area contributed by atoms with Crippen molar-refractivity contribution in [1.29, 1.82) is 0 Å². The van der Waals surface area contributed by atoms with Gasteiger partial charge in [0, 0.05) is 6.04 Å². The van der Waals surface area contributed by atoms with Gasteiger partial charge < -0.3 is 14.7 Å². The molecule has 2 heterocycles. The van der Waals surface area contributed by atoms with E-state index in [1.807, 2.05) is 30.3 Å². The third kappa shape index (κ3) is 5.98. The smallest absolute Gasteiger partial charge is 0.326 e. The van der Waals surface area contributed by atoms with Gasteiger partial charge in [-0.15, -0.1) is 12.4 Å². The zero-order valence-electron chi connectivity index (χ0n) is 18.2.